The van der Waals surface area contributed by atoms with Crippen LogP contribution in [0.4, 0.5) is 4.79 Å². The Morgan fingerprint density at radius 3 is 2.74 bits per heavy atom. The summed E-state index contributed by atoms with van der Waals surface area (Å²) in [5.74, 6) is 0. The molecule has 0 aliphatic heterocycles. The van der Waals surface area contributed by atoms with Crippen molar-refractivity contribution in [3.63, 3.8) is 0 Å². The molecule has 3 aromatic rings. The number of carbonyl (C=O) groups excluding carboxylic acids is 1. The van der Waals surface area contributed by atoms with E-state index < -0.39 is 0 Å². The van der Waals surface area contributed by atoms with Gasteiger partial charge in [0.05, 0.1) is 0 Å². The van der Waals surface area contributed by atoms with Crippen LogP contribution in [0.25, 0.3) is 5.65 Å². The minimum atomic E-state index is -0.119. The number of amides is 2. The van der Waals surface area contributed by atoms with E-state index in [0.717, 1.165) is 24.1 Å². The summed E-state index contributed by atoms with van der Waals surface area (Å²) in [5.41, 5.74) is 4.59. The van der Waals surface area contributed by atoms with E-state index in [1.54, 1.807) is 6.20 Å². The molecule has 5 heteroatoms. The van der Waals surface area contributed by atoms with Gasteiger partial charge in [-0.25, -0.2) is 9.78 Å². The van der Waals surface area contributed by atoms with Crippen LogP contribution in [-0.4, -0.2) is 21.5 Å². The highest BCUT2D eigenvalue weighted by Crippen LogP contribution is 2.21. The Labute approximate surface area is 134 Å². The SMILES string of the molecule is O=C(NCc1ccn2ccnc2c1)NC1Cc2ccccc2C1. The molecule has 0 bridgehead atoms. The third-order valence-corrected chi connectivity index (χ3v) is 4.30. The number of imidazole rings is 1. The molecule has 0 saturated carbocycles. The number of hydrogen-bond donors (Lipinski definition) is 2. The summed E-state index contributed by atoms with van der Waals surface area (Å²) in [5, 5.41) is 5.98. The zero-order chi connectivity index (χ0) is 15.6. The second-order valence-electron chi connectivity index (χ2n) is 5.93. The summed E-state index contributed by atoms with van der Waals surface area (Å²) in [4.78, 5) is 16.3. The maximum atomic E-state index is 12.1. The molecule has 2 amide bonds. The third-order valence-electron chi connectivity index (χ3n) is 4.30. The molecule has 0 fully saturated rings. The Bertz CT molecular complexity index is 830. The van der Waals surface area contributed by atoms with Gasteiger partial charge in [0.15, 0.2) is 0 Å². The van der Waals surface area contributed by atoms with Crippen LogP contribution in [0, 0.1) is 0 Å². The van der Waals surface area contributed by atoms with Crippen LogP contribution >= 0.6 is 0 Å². The van der Waals surface area contributed by atoms with Gasteiger partial charge in [0.1, 0.15) is 5.65 Å². The van der Waals surface area contributed by atoms with Gasteiger partial charge in [0.2, 0.25) is 0 Å². The monoisotopic (exact) mass is 306 g/mol. The smallest absolute Gasteiger partial charge is 0.315 e. The summed E-state index contributed by atoms with van der Waals surface area (Å²) in [6.45, 7) is 0.495. The van der Waals surface area contributed by atoms with E-state index in [4.69, 9.17) is 0 Å². The molecule has 0 atom stereocenters. The van der Waals surface area contributed by atoms with Crippen molar-refractivity contribution in [3.8, 4) is 0 Å². The Kier molecular flexibility index (Phi) is 3.46. The molecular weight excluding hydrogens is 288 g/mol. The number of carbonyl (C=O) groups is 1. The van der Waals surface area contributed by atoms with Crippen molar-refractivity contribution in [2.24, 2.45) is 0 Å². The van der Waals surface area contributed by atoms with Crippen molar-refractivity contribution in [1.29, 1.82) is 0 Å². The molecule has 23 heavy (non-hydrogen) atoms. The molecule has 1 aliphatic rings. The van der Waals surface area contributed by atoms with Crippen molar-refractivity contribution in [3.05, 3.63) is 71.7 Å². The minimum absolute atomic E-state index is 0.119. The fourth-order valence-electron chi connectivity index (χ4n) is 3.14. The van der Waals surface area contributed by atoms with Crippen LogP contribution < -0.4 is 10.6 Å². The number of benzene rings is 1. The summed E-state index contributed by atoms with van der Waals surface area (Å²) in [6, 6.07) is 12.4. The first kappa shape index (κ1) is 13.8. The summed E-state index contributed by atoms with van der Waals surface area (Å²) in [7, 11) is 0. The number of aromatic nitrogens is 2. The largest absolute Gasteiger partial charge is 0.335 e. The predicted molar refractivity (Wildman–Crippen MR) is 88.2 cm³/mol. The Hall–Kier alpha value is -2.82. The lowest BCUT2D eigenvalue weighted by Crippen LogP contribution is -2.42. The molecule has 116 valence electrons. The number of urea groups is 1. The van der Waals surface area contributed by atoms with Gasteiger partial charge in [-0.1, -0.05) is 24.3 Å². The highest BCUT2D eigenvalue weighted by atomic mass is 16.2. The van der Waals surface area contributed by atoms with Gasteiger partial charge < -0.3 is 15.0 Å². The topological polar surface area (TPSA) is 58.4 Å². The van der Waals surface area contributed by atoms with E-state index in [2.05, 4.69) is 27.8 Å². The summed E-state index contributed by atoms with van der Waals surface area (Å²) in [6.07, 6.45) is 7.42. The maximum Gasteiger partial charge on any atom is 0.315 e. The van der Waals surface area contributed by atoms with Crippen LogP contribution in [-0.2, 0) is 19.4 Å². The van der Waals surface area contributed by atoms with Crippen molar-refractivity contribution in [1.82, 2.24) is 20.0 Å². The molecule has 2 aromatic heterocycles. The average molecular weight is 306 g/mol. The van der Waals surface area contributed by atoms with Crippen LogP contribution in [0.5, 0.6) is 0 Å². The third kappa shape index (κ3) is 2.90. The quantitative estimate of drug-likeness (QED) is 0.780. The first-order valence-corrected chi connectivity index (χ1v) is 7.81. The molecule has 0 saturated heterocycles. The molecule has 1 aliphatic carbocycles. The van der Waals surface area contributed by atoms with Crippen molar-refractivity contribution < 1.29 is 4.79 Å². The number of fused-ring (bicyclic) bond motifs is 2. The van der Waals surface area contributed by atoms with E-state index in [0.29, 0.717) is 6.54 Å². The number of nitrogens with zero attached hydrogens (tertiary/aromatic N) is 2. The Balaban J connectivity index is 1.32. The molecule has 0 radical (unpaired) electrons. The van der Waals surface area contributed by atoms with Gasteiger partial charge in [-0.05, 0) is 41.7 Å². The van der Waals surface area contributed by atoms with E-state index in [9.17, 15) is 4.79 Å². The van der Waals surface area contributed by atoms with Crippen molar-refractivity contribution >= 4 is 11.7 Å². The number of hydrogen-bond acceptors (Lipinski definition) is 2. The average Bonchev–Trinajstić information content (AvgIpc) is 3.18. The maximum absolute atomic E-state index is 12.1. The lowest BCUT2D eigenvalue weighted by Gasteiger charge is -2.13. The van der Waals surface area contributed by atoms with Crippen LogP contribution in [0.3, 0.4) is 0 Å². The van der Waals surface area contributed by atoms with E-state index in [-0.39, 0.29) is 12.1 Å². The highest BCUT2D eigenvalue weighted by molar-refractivity contribution is 5.74. The van der Waals surface area contributed by atoms with Crippen molar-refractivity contribution in [2.45, 2.75) is 25.4 Å². The number of pyridine rings is 1. The van der Waals surface area contributed by atoms with Crippen LogP contribution in [0.2, 0.25) is 0 Å². The van der Waals surface area contributed by atoms with E-state index in [1.165, 1.54) is 11.1 Å². The minimum Gasteiger partial charge on any atom is -0.335 e. The number of nitrogens with one attached hydrogen (secondary N) is 2. The molecule has 1 aromatic carbocycles. The highest BCUT2D eigenvalue weighted by Gasteiger charge is 2.22. The Morgan fingerprint density at radius 2 is 1.96 bits per heavy atom. The zero-order valence-electron chi connectivity index (χ0n) is 12.7. The normalized spacial score (nSPS) is 13.9. The van der Waals surface area contributed by atoms with Gasteiger partial charge in [-0.15, -0.1) is 0 Å². The van der Waals surface area contributed by atoms with E-state index in [1.807, 2.05) is 41.1 Å². The first-order valence-electron chi connectivity index (χ1n) is 7.81. The second-order valence-corrected chi connectivity index (χ2v) is 5.93. The molecule has 0 unspecified atom stereocenters. The van der Waals surface area contributed by atoms with Gasteiger partial charge in [-0.3, -0.25) is 0 Å². The van der Waals surface area contributed by atoms with Gasteiger partial charge >= 0.3 is 6.03 Å². The van der Waals surface area contributed by atoms with Crippen LogP contribution in [0.15, 0.2) is 55.0 Å². The van der Waals surface area contributed by atoms with Crippen LogP contribution in [0.1, 0.15) is 16.7 Å². The van der Waals surface area contributed by atoms with Gasteiger partial charge in [0.25, 0.3) is 0 Å². The number of rotatable bonds is 3. The Morgan fingerprint density at radius 1 is 1.17 bits per heavy atom. The summed E-state index contributed by atoms with van der Waals surface area (Å²) >= 11 is 0. The molecule has 2 heterocycles. The van der Waals surface area contributed by atoms with E-state index >= 15 is 0 Å². The molecule has 4 rings (SSSR count). The molecule has 5 nitrogen and oxygen atoms in total. The summed E-state index contributed by atoms with van der Waals surface area (Å²) < 4.78 is 1.94. The molecule has 0 spiro atoms. The van der Waals surface area contributed by atoms with Crippen molar-refractivity contribution in [2.75, 3.05) is 0 Å². The molecule has 2 N–H and O–H groups in total. The zero-order valence-corrected chi connectivity index (χ0v) is 12.7. The first-order chi connectivity index (χ1) is 11.3. The predicted octanol–water partition coefficient (Wildman–Crippen LogP) is 2.30. The molecular formula is C18H18N4O. The standard InChI is InChI=1S/C18H18N4O/c23-18(21-16-10-14-3-1-2-4-15(14)11-16)20-12-13-5-7-22-8-6-19-17(22)9-13/h1-9,16H,10-12H2,(H2,20,21,23). The lowest BCUT2D eigenvalue weighted by molar-refractivity contribution is 0.237. The fourth-order valence-corrected chi connectivity index (χ4v) is 3.14. The lowest BCUT2D eigenvalue weighted by atomic mass is 10.1. The fraction of sp³-hybridized carbons (Fsp3) is 0.222. The van der Waals surface area contributed by atoms with Gasteiger partial charge in [-0.2, -0.15) is 0 Å². The second kappa shape index (κ2) is 5.76. The van der Waals surface area contributed by atoms with Gasteiger partial charge in [0, 0.05) is 31.2 Å².